The number of nitrogens with one attached hydrogen (secondary N) is 1. The highest BCUT2D eigenvalue weighted by molar-refractivity contribution is 7.99. The third-order valence-electron chi connectivity index (χ3n) is 2.79. The molecule has 0 amide bonds. The van der Waals surface area contributed by atoms with Gasteiger partial charge in [-0.3, -0.25) is 4.68 Å². The van der Waals surface area contributed by atoms with Gasteiger partial charge < -0.3 is 5.32 Å². The van der Waals surface area contributed by atoms with Crippen LogP contribution in [0.15, 0.2) is 11.1 Å². The first-order chi connectivity index (χ1) is 7.75. The molecular weight excluding hydrogens is 218 g/mol. The Kier molecular flexibility index (Phi) is 4.29. The van der Waals surface area contributed by atoms with Crippen LogP contribution in [0.4, 0.5) is 0 Å². The smallest absolute Gasteiger partial charge is 0.0939 e. The summed E-state index contributed by atoms with van der Waals surface area (Å²) in [4.78, 5) is 0. The first kappa shape index (κ1) is 12.0. The van der Waals surface area contributed by atoms with Gasteiger partial charge in [-0.05, 0) is 51.0 Å². The highest BCUT2D eigenvalue weighted by atomic mass is 32.2. The quantitative estimate of drug-likeness (QED) is 0.585. The van der Waals surface area contributed by atoms with Gasteiger partial charge in [0.15, 0.2) is 0 Å². The zero-order valence-electron chi connectivity index (χ0n) is 10.2. The summed E-state index contributed by atoms with van der Waals surface area (Å²) in [5.41, 5.74) is 1.11. The zero-order valence-corrected chi connectivity index (χ0v) is 11.0. The van der Waals surface area contributed by atoms with Gasteiger partial charge in [0, 0.05) is 13.1 Å². The predicted octanol–water partition coefficient (Wildman–Crippen LogP) is 2.35. The van der Waals surface area contributed by atoms with Crippen molar-refractivity contribution in [2.24, 2.45) is 7.05 Å². The van der Waals surface area contributed by atoms with Crippen LogP contribution in [0.3, 0.4) is 0 Å². The Morgan fingerprint density at radius 1 is 1.50 bits per heavy atom. The SMILES string of the molecule is Cc1cc(SCCCCNC2CC2)n(C)n1. The number of hydrogen-bond donors (Lipinski definition) is 1. The average molecular weight is 239 g/mol. The fourth-order valence-electron chi connectivity index (χ4n) is 1.72. The molecule has 3 nitrogen and oxygen atoms in total. The van der Waals surface area contributed by atoms with Crippen LogP contribution < -0.4 is 5.32 Å². The van der Waals surface area contributed by atoms with Gasteiger partial charge >= 0.3 is 0 Å². The third kappa shape index (κ3) is 3.83. The molecule has 1 aliphatic rings. The molecule has 2 rings (SSSR count). The molecule has 1 aliphatic carbocycles. The summed E-state index contributed by atoms with van der Waals surface area (Å²) in [6.45, 7) is 3.24. The molecule has 90 valence electrons. The van der Waals surface area contributed by atoms with Crippen LogP contribution in [0.5, 0.6) is 0 Å². The van der Waals surface area contributed by atoms with Crippen LogP contribution >= 0.6 is 11.8 Å². The highest BCUT2D eigenvalue weighted by Crippen LogP contribution is 2.20. The van der Waals surface area contributed by atoms with E-state index in [4.69, 9.17) is 0 Å². The van der Waals surface area contributed by atoms with Crippen molar-refractivity contribution >= 4 is 11.8 Å². The molecule has 0 spiro atoms. The van der Waals surface area contributed by atoms with Gasteiger partial charge in [0.1, 0.15) is 0 Å². The van der Waals surface area contributed by atoms with Crippen molar-refractivity contribution in [3.8, 4) is 0 Å². The van der Waals surface area contributed by atoms with Crippen molar-refractivity contribution in [3.63, 3.8) is 0 Å². The van der Waals surface area contributed by atoms with E-state index in [1.165, 1.54) is 43.0 Å². The first-order valence-electron chi connectivity index (χ1n) is 6.12. The topological polar surface area (TPSA) is 29.9 Å². The minimum absolute atomic E-state index is 0.854. The molecule has 1 fully saturated rings. The van der Waals surface area contributed by atoms with Crippen molar-refractivity contribution in [2.45, 2.75) is 43.7 Å². The number of unbranched alkanes of at least 4 members (excludes halogenated alkanes) is 1. The second-order valence-corrected chi connectivity index (χ2v) is 5.65. The van der Waals surface area contributed by atoms with E-state index in [9.17, 15) is 0 Å². The van der Waals surface area contributed by atoms with E-state index in [1.807, 2.05) is 30.4 Å². The standard InChI is InChI=1S/C12H21N3S/c1-10-9-12(15(2)14-10)16-8-4-3-7-13-11-5-6-11/h9,11,13H,3-8H2,1-2H3. The maximum atomic E-state index is 4.34. The number of thioether (sulfide) groups is 1. The molecule has 1 saturated carbocycles. The summed E-state index contributed by atoms with van der Waals surface area (Å²) in [7, 11) is 2.02. The van der Waals surface area contributed by atoms with Crippen molar-refractivity contribution in [1.82, 2.24) is 15.1 Å². The van der Waals surface area contributed by atoms with Crippen molar-refractivity contribution in [3.05, 3.63) is 11.8 Å². The number of aromatic nitrogens is 2. The molecule has 1 heterocycles. The van der Waals surface area contributed by atoms with E-state index >= 15 is 0 Å². The fraction of sp³-hybridized carbons (Fsp3) is 0.750. The van der Waals surface area contributed by atoms with E-state index < -0.39 is 0 Å². The molecule has 0 bridgehead atoms. The van der Waals surface area contributed by atoms with Gasteiger partial charge in [-0.25, -0.2) is 0 Å². The van der Waals surface area contributed by atoms with Gasteiger partial charge in [0.25, 0.3) is 0 Å². The van der Waals surface area contributed by atoms with Gasteiger partial charge in [-0.1, -0.05) is 0 Å². The zero-order chi connectivity index (χ0) is 11.4. The number of aryl methyl sites for hydroxylation is 2. The Balaban J connectivity index is 1.54. The van der Waals surface area contributed by atoms with Crippen LogP contribution in [-0.2, 0) is 7.05 Å². The van der Waals surface area contributed by atoms with Gasteiger partial charge in [-0.15, -0.1) is 11.8 Å². The summed E-state index contributed by atoms with van der Waals surface area (Å²) in [6.07, 6.45) is 5.36. The molecule has 1 aromatic heterocycles. The summed E-state index contributed by atoms with van der Waals surface area (Å²) in [5.74, 6) is 1.20. The van der Waals surface area contributed by atoms with E-state index in [1.54, 1.807) is 0 Å². The van der Waals surface area contributed by atoms with E-state index in [0.717, 1.165) is 11.7 Å². The van der Waals surface area contributed by atoms with Gasteiger partial charge in [0.2, 0.25) is 0 Å². The largest absolute Gasteiger partial charge is 0.314 e. The van der Waals surface area contributed by atoms with Crippen molar-refractivity contribution < 1.29 is 0 Å². The Morgan fingerprint density at radius 3 is 2.94 bits per heavy atom. The molecule has 0 radical (unpaired) electrons. The highest BCUT2D eigenvalue weighted by Gasteiger charge is 2.19. The Morgan fingerprint density at radius 2 is 2.31 bits per heavy atom. The Labute approximate surface area is 102 Å². The Hall–Kier alpha value is -0.480. The lowest BCUT2D eigenvalue weighted by molar-refractivity contribution is 0.639. The molecule has 0 saturated heterocycles. The van der Waals surface area contributed by atoms with Crippen LogP contribution in [0.2, 0.25) is 0 Å². The van der Waals surface area contributed by atoms with Crippen LogP contribution in [0, 0.1) is 6.92 Å². The fourth-order valence-corrected chi connectivity index (χ4v) is 2.76. The van der Waals surface area contributed by atoms with E-state index in [-0.39, 0.29) is 0 Å². The first-order valence-corrected chi connectivity index (χ1v) is 7.11. The summed E-state index contributed by atoms with van der Waals surface area (Å²) < 4.78 is 1.97. The molecule has 1 N–H and O–H groups in total. The second-order valence-electron chi connectivity index (χ2n) is 4.53. The molecule has 0 aromatic carbocycles. The van der Waals surface area contributed by atoms with Crippen LogP contribution in [0.25, 0.3) is 0 Å². The second kappa shape index (κ2) is 5.73. The molecular formula is C12H21N3S. The van der Waals surface area contributed by atoms with E-state index in [2.05, 4.69) is 16.5 Å². The van der Waals surface area contributed by atoms with Gasteiger partial charge in [0.05, 0.1) is 10.7 Å². The number of nitrogens with zero attached hydrogens (tertiary/aromatic N) is 2. The summed E-state index contributed by atoms with van der Waals surface area (Å²) in [6, 6.07) is 3.01. The Bertz CT molecular complexity index is 331. The maximum Gasteiger partial charge on any atom is 0.0939 e. The normalized spacial score (nSPS) is 15.6. The number of hydrogen-bond acceptors (Lipinski definition) is 3. The summed E-state index contributed by atoms with van der Waals surface area (Å²) >= 11 is 1.92. The number of rotatable bonds is 7. The molecule has 16 heavy (non-hydrogen) atoms. The predicted molar refractivity (Wildman–Crippen MR) is 68.9 cm³/mol. The minimum atomic E-state index is 0.854. The van der Waals surface area contributed by atoms with Gasteiger partial charge in [-0.2, -0.15) is 5.10 Å². The third-order valence-corrected chi connectivity index (χ3v) is 3.96. The molecule has 0 atom stereocenters. The van der Waals surface area contributed by atoms with Crippen LogP contribution in [-0.4, -0.2) is 28.1 Å². The molecule has 0 aliphatic heterocycles. The summed E-state index contributed by atoms with van der Waals surface area (Å²) in [5, 5.41) is 9.17. The molecule has 1 aromatic rings. The van der Waals surface area contributed by atoms with Crippen molar-refractivity contribution in [2.75, 3.05) is 12.3 Å². The molecule has 0 unspecified atom stereocenters. The molecule has 4 heteroatoms. The minimum Gasteiger partial charge on any atom is -0.314 e. The van der Waals surface area contributed by atoms with Crippen LogP contribution in [0.1, 0.15) is 31.4 Å². The lowest BCUT2D eigenvalue weighted by atomic mass is 10.3. The maximum absolute atomic E-state index is 4.34. The van der Waals surface area contributed by atoms with E-state index in [0.29, 0.717) is 0 Å². The average Bonchev–Trinajstić information content (AvgIpc) is 2.99. The monoisotopic (exact) mass is 239 g/mol. The lowest BCUT2D eigenvalue weighted by Crippen LogP contribution is -2.17. The van der Waals surface area contributed by atoms with Crippen molar-refractivity contribution in [1.29, 1.82) is 0 Å². The lowest BCUT2D eigenvalue weighted by Gasteiger charge is -2.03.